The number of aryl methyl sites for hydroxylation is 1. The largest absolute Gasteiger partial charge is 0.395 e. The lowest BCUT2D eigenvalue weighted by atomic mass is 9.95. The Morgan fingerprint density at radius 3 is 3.00 bits per heavy atom. The standard InChI is InChI=1S/C15H24N2O/c1-12-5-4-6-13(9-12)10-17-8-3-2-7-15(17)14(16)11-18/h4-6,9,14-15,18H,2-3,7-8,10-11,16H2,1H3. The number of likely N-dealkylation sites (tertiary alicyclic amines) is 1. The lowest BCUT2D eigenvalue weighted by Crippen LogP contribution is -2.51. The predicted octanol–water partition coefficient (Wildman–Crippen LogP) is 1.67. The number of aliphatic hydroxyl groups is 1. The van der Waals surface area contributed by atoms with Gasteiger partial charge in [0.15, 0.2) is 0 Å². The van der Waals surface area contributed by atoms with Crippen LogP contribution in [0, 0.1) is 6.92 Å². The zero-order valence-electron chi connectivity index (χ0n) is 11.2. The first-order valence-electron chi connectivity index (χ1n) is 6.86. The zero-order chi connectivity index (χ0) is 13.0. The van der Waals surface area contributed by atoms with Gasteiger partial charge in [0.1, 0.15) is 0 Å². The van der Waals surface area contributed by atoms with Gasteiger partial charge in [-0.15, -0.1) is 0 Å². The van der Waals surface area contributed by atoms with Crippen LogP contribution in [0.2, 0.25) is 0 Å². The number of aliphatic hydroxyl groups excluding tert-OH is 1. The van der Waals surface area contributed by atoms with E-state index in [-0.39, 0.29) is 12.6 Å². The summed E-state index contributed by atoms with van der Waals surface area (Å²) in [6, 6.07) is 8.84. The maximum absolute atomic E-state index is 9.26. The first-order valence-corrected chi connectivity index (χ1v) is 6.86. The fourth-order valence-corrected chi connectivity index (χ4v) is 2.86. The van der Waals surface area contributed by atoms with Crippen LogP contribution in [0.25, 0.3) is 0 Å². The molecule has 0 aliphatic carbocycles. The Balaban J connectivity index is 2.05. The summed E-state index contributed by atoms with van der Waals surface area (Å²) in [5.41, 5.74) is 8.67. The van der Waals surface area contributed by atoms with Gasteiger partial charge in [0.25, 0.3) is 0 Å². The average Bonchev–Trinajstić information content (AvgIpc) is 2.38. The van der Waals surface area contributed by atoms with Gasteiger partial charge in [-0.1, -0.05) is 36.2 Å². The lowest BCUT2D eigenvalue weighted by Gasteiger charge is -2.38. The number of nitrogens with zero attached hydrogens (tertiary/aromatic N) is 1. The molecule has 100 valence electrons. The molecule has 1 aromatic rings. The van der Waals surface area contributed by atoms with Crippen molar-refractivity contribution in [2.24, 2.45) is 5.73 Å². The number of nitrogens with two attached hydrogens (primary N) is 1. The smallest absolute Gasteiger partial charge is 0.0597 e. The van der Waals surface area contributed by atoms with E-state index in [0.717, 1.165) is 19.5 Å². The Labute approximate surface area is 110 Å². The van der Waals surface area contributed by atoms with Crippen molar-refractivity contribution in [2.75, 3.05) is 13.2 Å². The van der Waals surface area contributed by atoms with Crippen LogP contribution in [0.1, 0.15) is 30.4 Å². The Morgan fingerprint density at radius 1 is 1.44 bits per heavy atom. The molecule has 3 nitrogen and oxygen atoms in total. The van der Waals surface area contributed by atoms with Gasteiger partial charge in [0.2, 0.25) is 0 Å². The Morgan fingerprint density at radius 2 is 2.28 bits per heavy atom. The van der Waals surface area contributed by atoms with Crippen LogP contribution in [-0.4, -0.2) is 35.2 Å². The molecular weight excluding hydrogens is 224 g/mol. The molecule has 0 saturated carbocycles. The highest BCUT2D eigenvalue weighted by Crippen LogP contribution is 2.21. The Hall–Kier alpha value is -0.900. The van der Waals surface area contributed by atoms with E-state index in [0.29, 0.717) is 6.04 Å². The molecule has 3 heteroatoms. The zero-order valence-corrected chi connectivity index (χ0v) is 11.2. The van der Waals surface area contributed by atoms with Gasteiger partial charge in [0.05, 0.1) is 6.61 Å². The quantitative estimate of drug-likeness (QED) is 0.852. The highest BCUT2D eigenvalue weighted by Gasteiger charge is 2.27. The van der Waals surface area contributed by atoms with Crippen LogP contribution >= 0.6 is 0 Å². The van der Waals surface area contributed by atoms with Gasteiger partial charge in [-0.25, -0.2) is 0 Å². The molecule has 0 amide bonds. The van der Waals surface area contributed by atoms with E-state index in [1.165, 1.54) is 24.0 Å². The lowest BCUT2D eigenvalue weighted by molar-refractivity contribution is 0.0944. The van der Waals surface area contributed by atoms with Crippen molar-refractivity contribution >= 4 is 0 Å². The normalized spacial score (nSPS) is 22.9. The van der Waals surface area contributed by atoms with Crippen molar-refractivity contribution in [1.82, 2.24) is 4.90 Å². The van der Waals surface area contributed by atoms with Crippen LogP contribution in [-0.2, 0) is 6.54 Å². The van der Waals surface area contributed by atoms with E-state index >= 15 is 0 Å². The molecule has 2 unspecified atom stereocenters. The van der Waals surface area contributed by atoms with Crippen molar-refractivity contribution in [3.8, 4) is 0 Å². The molecule has 2 atom stereocenters. The predicted molar refractivity (Wildman–Crippen MR) is 74.3 cm³/mol. The molecule has 0 spiro atoms. The summed E-state index contributed by atoms with van der Waals surface area (Å²) >= 11 is 0. The van der Waals surface area contributed by atoms with Gasteiger partial charge >= 0.3 is 0 Å². The van der Waals surface area contributed by atoms with Gasteiger partial charge in [0, 0.05) is 18.6 Å². The van der Waals surface area contributed by atoms with Crippen LogP contribution in [0.15, 0.2) is 24.3 Å². The molecule has 0 bridgehead atoms. The molecule has 2 rings (SSSR count). The summed E-state index contributed by atoms with van der Waals surface area (Å²) in [5, 5.41) is 9.26. The monoisotopic (exact) mass is 248 g/mol. The molecule has 1 heterocycles. The number of rotatable bonds is 4. The minimum absolute atomic E-state index is 0.0784. The highest BCUT2D eigenvalue weighted by atomic mass is 16.3. The molecule has 1 aliphatic rings. The van der Waals surface area contributed by atoms with Crippen molar-refractivity contribution in [3.05, 3.63) is 35.4 Å². The second-order valence-electron chi connectivity index (χ2n) is 5.37. The number of hydrogen-bond acceptors (Lipinski definition) is 3. The molecular formula is C15H24N2O. The summed E-state index contributed by atoms with van der Waals surface area (Å²) in [5.74, 6) is 0. The minimum Gasteiger partial charge on any atom is -0.395 e. The average molecular weight is 248 g/mol. The first-order chi connectivity index (χ1) is 8.70. The van der Waals surface area contributed by atoms with Crippen LogP contribution in [0.3, 0.4) is 0 Å². The highest BCUT2D eigenvalue weighted by molar-refractivity contribution is 5.22. The van der Waals surface area contributed by atoms with Crippen LogP contribution in [0.5, 0.6) is 0 Å². The Kier molecular flexibility index (Phi) is 4.75. The summed E-state index contributed by atoms with van der Waals surface area (Å²) in [4.78, 5) is 2.43. The first kappa shape index (κ1) is 13.5. The van der Waals surface area contributed by atoms with Gasteiger partial charge in [-0.2, -0.15) is 0 Å². The van der Waals surface area contributed by atoms with Crippen molar-refractivity contribution in [1.29, 1.82) is 0 Å². The van der Waals surface area contributed by atoms with E-state index < -0.39 is 0 Å². The number of hydrogen-bond donors (Lipinski definition) is 2. The summed E-state index contributed by atoms with van der Waals surface area (Å²) in [6.45, 7) is 4.23. The summed E-state index contributed by atoms with van der Waals surface area (Å²) in [7, 11) is 0. The third kappa shape index (κ3) is 3.31. The second kappa shape index (κ2) is 6.32. The fraction of sp³-hybridized carbons (Fsp3) is 0.600. The van der Waals surface area contributed by atoms with E-state index in [1.54, 1.807) is 0 Å². The summed E-state index contributed by atoms with van der Waals surface area (Å²) < 4.78 is 0. The Bertz CT molecular complexity index is 381. The van der Waals surface area contributed by atoms with Gasteiger partial charge < -0.3 is 10.8 Å². The molecule has 1 saturated heterocycles. The fourth-order valence-electron chi connectivity index (χ4n) is 2.86. The second-order valence-corrected chi connectivity index (χ2v) is 5.37. The minimum atomic E-state index is -0.116. The van der Waals surface area contributed by atoms with Crippen molar-refractivity contribution < 1.29 is 5.11 Å². The molecule has 18 heavy (non-hydrogen) atoms. The molecule has 1 aliphatic heterocycles. The maximum atomic E-state index is 9.26. The number of piperidine rings is 1. The van der Waals surface area contributed by atoms with Gasteiger partial charge in [-0.3, -0.25) is 4.90 Å². The third-order valence-electron chi connectivity index (χ3n) is 3.84. The van der Waals surface area contributed by atoms with Gasteiger partial charge in [-0.05, 0) is 31.9 Å². The van der Waals surface area contributed by atoms with Crippen molar-refractivity contribution in [3.63, 3.8) is 0 Å². The van der Waals surface area contributed by atoms with Crippen LogP contribution < -0.4 is 5.73 Å². The van der Waals surface area contributed by atoms with E-state index in [2.05, 4.69) is 36.1 Å². The van der Waals surface area contributed by atoms with Crippen molar-refractivity contribution in [2.45, 2.75) is 44.8 Å². The number of benzene rings is 1. The van der Waals surface area contributed by atoms with E-state index in [9.17, 15) is 5.11 Å². The molecule has 1 fully saturated rings. The SMILES string of the molecule is Cc1cccc(CN2CCCCC2C(N)CO)c1. The molecule has 3 N–H and O–H groups in total. The molecule has 1 aromatic carbocycles. The van der Waals surface area contributed by atoms with E-state index in [4.69, 9.17) is 5.73 Å². The van der Waals surface area contributed by atoms with Crippen LogP contribution in [0.4, 0.5) is 0 Å². The molecule has 0 radical (unpaired) electrons. The summed E-state index contributed by atoms with van der Waals surface area (Å²) in [6.07, 6.45) is 3.57. The molecule has 0 aromatic heterocycles. The third-order valence-corrected chi connectivity index (χ3v) is 3.84. The topological polar surface area (TPSA) is 49.5 Å². The maximum Gasteiger partial charge on any atom is 0.0597 e. The van der Waals surface area contributed by atoms with E-state index in [1.807, 2.05) is 0 Å².